The Morgan fingerprint density at radius 1 is 1.54 bits per heavy atom. The Labute approximate surface area is 166 Å². The number of thioether (sulfide) groups is 1. The molecule has 2 aromatic heterocycles. The first kappa shape index (κ1) is 19.1. The zero-order valence-corrected chi connectivity index (χ0v) is 15.7. The van der Waals surface area contributed by atoms with Crippen LogP contribution < -0.4 is 11.1 Å². The number of nitrogens with one attached hydrogen (secondary N) is 1. The molecule has 3 heterocycles. The van der Waals surface area contributed by atoms with Crippen LogP contribution in [0.3, 0.4) is 0 Å². The first-order chi connectivity index (χ1) is 13.6. The molecule has 0 fully saturated rings. The number of hydrogen-bond donors (Lipinski definition) is 2. The number of rotatable bonds is 5. The monoisotopic (exact) mass is 389 g/mol. The molecule has 28 heavy (non-hydrogen) atoms. The van der Waals surface area contributed by atoms with Crippen LogP contribution >= 0.6 is 11.8 Å². The molecule has 1 aliphatic heterocycles. The van der Waals surface area contributed by atoms with Gasteiger partial charge in [0.05, 0.1) is 24.4 Å². The van der Waals surface area contributed by atoms with Crippen molar-refractivity contribution in [2.24, 2.45) is 4.99 Å². The van der Waals surface area contributed by atoms with Gasteiger partial charge in [-0.2, -0.15) is 5.26 Å². The van der Waals surface area contributed by atoms with Crippen molar-refractivity contribution in [1.82, 2.24) is 15.3 Å². The lowest BCUT2D eigenvalue weighted by Gasteiger charge is -2.12. The molecule has 0 aromatic carbocycles. The molecular formula is C19H15N7OS. The molecule has 8 nitrogen and oxygen atoms in total. The van der Waals surface area contributed by atoms with Gasteiger partial charge in [-0.3, -0.25) is 14.8 Å². The van der Waals surface area contributed by atoms with Crippen molar-refractivity contribution in [2.45, 2.75) is 10.8 Å². The molecule has 9 heteroatoms. The number of hydrogen-bond acceptors (Lipinski definition) is 7. The van der Waals surface area contributed by atoms with Crippen LogP contribution in [0.4, 0.5) is 11.5 Å². The van der Waals surface area contributed by atoms with Crippen molar-refractivity contribution < 1.29 is 4.79 Å². The van der Waals surface area contributed by atoms with Gasteiger partial charge in [-0.05, 0) is 23.8 Å². The van der Waals surface area contributed by atoms with E-state index in [0.29, 0.717) is 34.3 Å². The molecule has 0 unspecified atom stereocenters. The van der Waals surface area contributed by atoms with Gasteiger partial charge in [0.2, 0.25) is 5.69 Å². The summed E-state index contributed by atoms with van der Waals surface area (Å²) in [6.07, 6.45) is 5.18. The molecule has 3 N–H and O–H groups in total. The molecular weight excluding hydrogens is 374 g/mol. The number of nitrogens with two attached hydrogens (primary N) is 1. The van der Waals surface area contributed by atoms with Crippen LogP contribution in [0.15, 0.2) is 40.5 Å². The zero-order valence-electron chi connectivity index (χ0n) is 14.9. The molecule has 1 amide bonds. The maximum absolute atomic E-state index is 11.7. The SMILES string of the molecule is [C-]#[N+]c1c(N)nc(SCc2ccnc(C(=O)NC)c2)c(C#N)c1C1=NCC=C1. The summed E-state index contributed by atoms with van der Waals surface area (Å²) in [7, 11) is 1.54. The molecule has 2 aromatic rings. The molecule has 1 aliphatic rings. The second-order valence-corrected chi connectivity index (χ2v) is 6.63. The third-order valence-corrected chi connectivity index (χ3v) is 4.99. The number of aromatic nitrogens is 2. The van der Waals surface area contributed by atoms with Crippen LogP contribution in [0.5, 0.6) is 0 Å². The zero-order chi connectivity index (χ0) is 20.1. The van der Waals surface area contributed by atoms with E-state index in [1.807, 2.05) is 6.08 Å². The van der Waals surface area contributed by atoms with Crippen molar-refractivity contribution in [3.63, 3.8) is 0 Å². The summed E-state index contributed by atoms with van der Waals surface area (Å²) in [5.41, 5.74) is 8.53. The van der Waals surface area contributed by atoms with Crippen LogP contribution in [-0.4, -0.2) is 35.2 Å². The van der Waals surface area contributed by atoms with E-state index in [1.54, 1.807) is 24.4 Å². The normalized spacial score (nSPS) is 12.2. The third kappa shape index (κ3) is 3.70. The van der Waals surface area contributed by atoms with Crippen LogP contribution in [0.1, 0.15) is 27.2 Å². The van der Waals surface area contributed by atoms with Crippen molar-refractivity contribution in [1.29, 1.82) is 5.26 Å². The number of carbonyl (C=O) groups excluding carboxylic acids is 1. The van der Waals surface area contributed by atoms with Gasteiger partial charge in [0.15, 0.2) is 0 Å². The van der Waals surface area contributed by atoms with Gasteiger partial charge in [0.1, 0.15) is 22.6 Å². The minimum atomic E-state index is -0.276. The lowest BCUT2D eigenvalue weighted by Crippen LogP contribution is -2.19. The highest BCUT2D eigenvalue weighted by Gasteiger charge is 2.23. The highest BCUT2D eigenvalue weighted by atomic mass is 32.2. The van der Waals surface area contributed by atoms with Gasteiger partial charge in [0.25, 0.3) is 5.91 Å². The van der Waals surface area contributed by atoms with E-state index in [4.69, 9.17) is 12.3 Å². The number of carbonyl (C=O) groups is 1. The first-order valence-electron chi connectivity index (χ1n) is 8.21. The second kappa shape index (κ2) is 8.33. The summed E-state index contributed by atoms with van der Waals surface area (Å²) in [5, 5.41) is 12.7. The average Bonchev–Trinajstić information content (AvgIpc) is 3.25. The Hall–Kier alpha value is -3.69. The van der Waals surface area contributed by atoms with Gasteiger partial charge in [0, 0.05) is 24.6 Å². The number of anilines is 1. The fourth-order valence-electron chi connectivity index (χ4n) is 2.64. The maximum atomic E-state index is 11.7. The van der Waals surface area contributed by atoms with Crippen molar-refractivity contribution in [2.75, 3.05) is 19.3 Å². The number of aliphatic imine (C=N–C) groups is 1. The minimum Gasteiger partial charge on any atom is -0.392 e. The molecule has 0 saturated heterocycles. The van der Waals surface area contributed by atoms with Crippen LogP contribution in [-0.2, 0) is 5.75 Å². The lowest BCUT2D eigenvalue weighted by molar-refractivity contribution is 0.0958. The summed E-state index contributed by atoms with van der Waals surface area (Å²) in [5.74, 6) is 0.240. The highest BCUT2D eigenvalue weighted by molar-refractivity contribution is 7.98. The maximum Gasteiger partial charge on any atom is 0.269 e. The Bertz CT molecular complexity index is 1090. The van der Waals surface area contributed by atoms with E-state index < -0.39 is 0 Å². The molecule has 0 saturated carbocycles. The Balaban J connectivity index is 1.97. The van der Waals surface area contributed by atoms with Gasteiger partial charge in [-0.1, -0.05) is 6.08 Å². The highest BCUT2D eigenvalue weighted by Crippen LogP contribution is 2.36. The summed E-state index contributed by atoms with van der Waals surface area (Å²) < 4.78 is 0. The minimum absolute atomic E-state index is 0.0651. The summed E-state index contributed by atoms with van der Waals surface area (Å²) in [6, 6.07) is 5.61. The molecule has 0 aliphatic carbocycles. The number of nitrogens with zero attached hydrogens (tertiary/aromatic N) is 5. The Kier molecular flexibility index (Phi) is 5.68. The van der Waals surface area contributed by atoms with E-state index in [1.165, 1.54) is 18.8 Å². The van der Waals surface area contributed by atoms with Crippen molar-refractivity contribution in [3.8, 4) is 6.07 Å². The van der Waals surface area contributed by atoms with E-state index in [2.05, 4.69) is 31.2 Å². The second-order valence-electron chi connectivity index (χ2n) is 5.67. The largest absolute Gasteiger partial charge is 0.392 e. The van der Waals surface area contributed by atoms with Crippen LogP contribution in [0, 0.1) is 17.9 Å². The topological polar surface area (TPSA) is 121 Å². The van der Waals surface area contributed by atoms with Gasteiger partial charge >= 0.3 is 0 Å². The summed E-state index contributed by atoms with van der Waals surface area (Å²) in [6.45, 7) is 7.92. The quantitative estimate of drug-likeness (QED) is 0.598. The summed E-state index contributed by atoms with van der Waals surface area (Å²) >= 11 is 1.30. The average molecular weight is 389 g/mol. The number of pyridine rings is 2. The van der Waals surface area contributed by atoms with E-state index in [0.717, 1.165) is 5.56 Å². The Morgan fingerprint density at radius 2 is 2.36 bits per heavy atom. The predicted molar refractivity (Wildman–Crippen MR) is 107 cm³/mol. The van der Waals surface area contributed by atoms with Gasteiger partial charge in [-0.25, -0.2) is 9.83 Å². The lowest BCUT2D eigenvalue weighted by atomic mass is 10.0. The summed E-state index contributed by atoms with van der Waals surface area (Å²) in [4.78, 5) is 27.8. The predicted octanol–water partition coefficient (Wildman–Crippen LogP) is 2.49. The Morgan fingerprint density at radius 3 is 3.00 bits per heavy atom. The number of nitriles is 1. The number of allylic oxidation sites excluding steroid dienone is 1. The third-order valence-electron chi connectivity index (χ3n) is 3.95. The standard InChI is InChI=1S/C19H15N7OS/c1-22-16-15(13-4-3-6-24-13)12(9-20)19(26-17(16)21)28-10-11-5-7-25-14(8-11)18(27)23-2/h3-5,7-8H,6,10H2,2H3,(H2,21,26)(H,23,27). The van der Waals surface area contributed by atoms with E-state index in [9.17, 15) is 10.1 Å². The number of amides is 1. The molecule has 0 atom stereocenters. The van der Waals surface area contributed by atoms with Crippen LogP contribution in [0.2, 0.25) is 0 Å². The van der Waals surface area contributed by atoms with Crippen molar-refractivity contribution >= 4 is 34.9 Å². The van der Waals surface area contributed by atoms with Gasteiger partial charge in [-0.15, -0.1) is 11.8 Å². The van der Waals surface area contributed by atoms with E-state index >= 15 is 0 Å². The first-order valence-corrected chi connectivity index (χ1v) is 9.19. The van der Waals surface area contributed by atoms with Gasteiger partial charge < -0.3 is 11.1 Å². The smallest absolute Gasteiger partial charge is 0.269 e. The molecule has 0 spiro atoms. The van der Waals surface area contributed by atoms with Crippen LogP contribution in [0.25, 0.3) is 4.85 Å². The molecule has 138 valence electrons. The van der Waals surface area contributed by atoms with E-state index in [-0.39, 0.29) is 23.0 Å². The molecule has 0 radical (unpaired) electrons. The fraction of sp³-hybridized carbons (Fsp3) is 0.158. The number of nitrogen functional groups attached to an aromatic ring is 1. The fourth-order valence-corrected chi connectivity index (χ4v) is 3.58. The molecule has 3 rings (SSSR count). The van der Waals surface area contributed by atoms with Crippen molar-refractivity contribution in [3.05, 3.63) is 64.3 Å². The molecule has 0 bridgehead atoms.